The fourth-order valence-electron chi connectivity index (χ4n) is 2.89. The molecule has 0 heterocycles. The molecule has 0 saturated heterocycles. The molecule has 1 fully saturated rings. The summed E-state index contributed by atoms with van der Waals surface area (Å²) in [5, 5.41) is 14.2. The molecular formula is C15H21FN2O2. The minimum atomic E-state index is -0.484. The van der Waals surface area contributed by atoms with Crippen molar-refractivity contribution in [2.75, 3.05) is 0 Å². The molecule has 1 atom stereocenters. The maximum atomic E-state index is 13.7. The molecule has 0 spiro atoms. The Morgan fingerprint density at radius 1 is 1.40 bits per heavy atom. The van der Waals surface area contributed by atoms with Crippen LogP contribution in [-0.2, 0) is 6.42 Å². The van der Waals surface area contributed by atoms with E-state index >= 15 is 0 Å². The molecule has 0 amide bonds. The highest BCUT2D eigenvalue weighted by molar-refractivity contribution is 5.35. The van der Waals surface area contributed by atoms with Crippen LogP contribution in [0.15, 0.2) is 18.2 Å². The predicted octanol–water partition coefficient (Wildman–Crippen LogP) is 3.59. The first-order chi connectivity index (χ1) is 9.56. The summed E-state index contributed by atoms with van der Waals surface area (Å²) in [7, 11) is 0. The lowest BCUT2D eigenvalue weighted by molar-refractivity contribution is -0.385. The van der Waals surface area contributed by atoms with Crippen LogP contribution in [0.3, 0.4) is 0 Å². The van der Waals surface area contributed by atoms with E-state index in [4.69, 9.17) is 0 Å². The number of nitrogens with one attached hydrogen (secondary N) is 1. The van der Waals surface area contributed by atoms with Gasteiger partial charge in [-0.1, -0.05) is 19.3 Å². The van der Waals surface area contributed by atoms with Gasteiger partial charge in [-0.3, -0.25) is 10.1 Å². The molecule has 1 aliphatic rings. The van der Waals surface area contributed by atoms with E-state index in [0.29, 0.717) is 18.0 Å². The van der Waals surface area contributed by atoms with Gasteiger partial charge in [0.05, 0.1) is 4.92 Å². The molecule has 0 radical (unpaired) electrons. The Morgan fingerprint density at radius 3 is 2.75 bits per heavy atom. The summed E-state index contributed by atoms with van der Waals surface area (Å²) in [4.78, 5) is 10.3. The van der Waals surface area contributed by atoms with Crippen LogP contribution in [0.4, 0.5) is 10.1 Å². The average Bonchev–Trinajstić information content (AvgIpc) is 2.42. The summed E-state index contributed by atoms with van der Waals surface area (Å²) in [5.74, 6) is -0.368. The molecule has 20 heavy (non-hydrogen) atoms. The molecule has 0 aliphatic heterocycles. The quantitative estimate of drug-likeness (QED) is 0.662. The van der Waals surface area contributed by atoms with Crippen LogP contribution < -0.4 is 5.32 Å². The fraction of sp³-hybridized carbons (Fsp3) is 0.600. The van der Waals surface area contributed by atoms with E-state index in [-0.39, 0.29) is 17.5 Å². The van der Waals surface area contributed by atoms with Crippen molar-refractivity contribution in [3.63, 3.8) is 0 Å². The Labute approximate surface area is 118 Å². The largest absolute Gasteiger partial charge is 0.311 e. The molecule has 0 bridgehead atoms. The lowest BCUT2D eigenvalue weighted by atomic mass is 9.94. The second kappa shape index (κ2) is 6.79. The number of hydrogen-bond donors (Lipinski definition) is 1. The maximum Gasteiger partial charge on any atom is 0.269 e. The second-order valence-electron chi connectivity index (χ2n) is 5.64. The maximum absolute atomic E-state index is 13.7. The number of halogens is 1. The molecule has 1 aromatic carbocycles. The molecule has 1 aliphatic carbocycles. The minimum absolute atomic E-state index is 0.0498. The first kappa shape index (κ1) is 14.9. The second-order valence-corrected chi connectivity index (χ2v) is 5.64. The molecule has 2 rings (SSSR count). The normalized spacial score (nSPS) is 17.9. The molecule has 1 N–H and O–H groups in total. The van der Waals surface area contributed by atoms with Crippen molar-refractivity contribution in [2.24, 2.45) is 0 Å². The van der Waals surface area contributed by atoms with Gasteiger partial charge in [0.1, 0.15) is 5.82 Å². The van der Waals surface area contributed by atoms with Crippen LogP contribution >= 0.6 is 0 Å². The predicted molar refractivity (Wildman–Crippen MR) is 76.2 cm³/mol. The number of nitrogens with zero attached hydrogens (tertiary/aromatic N) is 1. The van der Waals surface area contributed by atoms with Crippen LogP contribution in [0.25, 0.3) is 0 Å². The topological polar surface area (TPSA) is 55.2 Å². The number of rotatable bonds is 5. The zero-order valence-corrected chi connectivity index (χ0v) is 11.8. The van der Waals surface area contributed by atoms with Crippen molar-refractivity contribution in [3.8, 4) is 0 Å². The van der Waals surface area contributed by atoms with E-state index in [1.54, 1.807) is 0 Å². The highest BCUT2D eigenvalue weighted by Crippen LogP contribution is 2.20. The van der Waals surface area contributed by atoms with E-state index < -0.39 is 4.92 Å². The van der Waals surface area contributed by atoms with Gasteiger partial charge in [0.25, 0.3) is 5.69 Å². The summed E-state index contributed by atoms with van der Waals surface area (Å²) in [6.07, 6.45) is 6.60. The van der Waals surface area contributed by atoms with Gasteiger partial charge in [-0.2, -0.15) is 0 Å². The van der Waals surface area contributed by atoms with Gasteiger partial charge in [0.15, 0.2) is 0 Å². The van der Waals surface area contributed by atoms with E-state index in [2.05, 4.69) is 5.32 Å². The Kier molecular flexibility index (Phi) is 5.06. The van der Waals surface area contributed by atoms with E-state index in [1.807, 2.05) is 6.92 Å². The summed E-state index contributed by atoms with van der Waals surface area (Å²) < 4.78 is 13.7. The number of non-ortho nitro benzene ring substituents is 1. The molecule has 1 saturated carbocycles. The summed E-state index contributed by atoms with van der Waals surface area (Å²) >= 11 is 0. The third-order valence-corrected chi connectivity index (χ3v) is 3.89. The van der Waals surface area contributed by atoms with Crippen molar-refractivity contribution >= 4 is 5.69 Å². The van der Waals surface area contributed by atoms with Crippen molar-refractivity contribution in [1.29, 1.82) is 0 Å². The van der Waals surface area contributed by atoms with Gasteiger partial charge in [-0.05, 0) is 37.8 Å². The zero-order valence-electron chi connectivity index (χ0n) is 11.8. The van der Waals surface area contributed by atoms with Crippen LogP contribution in [0.5, 0.6) is 0 Å². The van der Waals surface area contributed by atoms with Gasteiger partial charge >= 0.3 is 0 Å². The van der Waals surface area contributed by atoms with E-state index in [9.17, 15) is 14.5 Å². The lowest BCUT2D eigenvalue weighted by Crippen LogP contribution is -2.39. The first-order valence-electron chi connectivity index (χ1n) is 7.25. The fourth-order valence-corrected chi connectivity index (χ4v) is 2.89. The smallest absolute Gasteiger partial charge is 0.269 e. The van der Waals surface area contributed by atoms with E-state index in [1.165, 1.54) is 50.3 Å². The molecule has 4 nitrogen and oxygen atoms in total. The van der Waals surface area contributed by atoms with Crippen LogP contribution in [0, 0.1) is 15.9 Å². The highest BCUT2D eigenvalue weighted by atomic mass is 19.1. The Balaban J connectivity index is 1.97. The number of nitro benzene ring substituents is 1. The van der Waals surface area contributed by atoms with Crippen molar-refractivity contribution < 1.29 is 9.31 Å². The third kappa shape index (κ3) is 4.00. The van der Waals surface area contributed by atoms with Crippen LogP contribution in [0.2, 0.25) is 0 Å². The zero-order chi connectivity index (χ0) is 14.5. The average molecular weight is 280 g/mol. The van der Waals surface area contributed by atoms with Crippen molar-refractivity contribution in [3.05, 3.63) is 39.7 Å². The third-order valence-electron chi connectivity index (χ3n) is 3.89. The van der Waals surface area contributed by atoms with E-state index in [0.717, 1.165) is 0 Å². The molecule has 5 heteroatoms. The number of benzene rings is 1. The van der Waals surface area contributed by atoms with Gasteiger partial charge in [0, 0.05) is 24.2 Å². The van der Waals surface area contributed by atoms with Crippen molar-refractivity contribution in [1.82, 2.24) is 5.32 Å². The minimum Gasteiger partial charge on any atom is -0.311 e. The summed E-state index contributed by atoms with van der Waals surface area (Å²) in [6.45, 7) is 2.01. The monoisotopic (exact) mass is 280 g/mol. The number of nitro groups is 1. The van der Waals surface area contributed by atoms with Crippen LogP contribution in [0.1, 0.15) is 44.6 Å². The molecule has 0 aromatic heterocycles. The first-order valence-corrected chi connectivity index (χ1v) is 7.25. The van der Waals surface area contributed by atoms with Gasteiger partial charge in [-0.15, -0.1) is 0 Å². The molecule has 1 unspecified atom stereocenters. The molecule has 110 valence electrons. The van der Waals surface area contributed by atoms with Crippen LogP contribution in [-0.4, -0.2) is 17.0 Å². The Hall–Kier alpha value is -1.49. The standard InChI is InChI=1S/C15H21FN2O2/c1-11(17-13-5-3-2-4-6-13)9-12-10-14(18(19)20)7-8-15(12)16/h7-8,10-11,13,17H,2-6,9H2,1H3. The highest BCUT2D eigenvalue weighted by Gasteiger charge is 2.18. The lowest BCUT2D eigenvalue weighted by Gasteiger charge is -2.26. The van der Waals surface area contributed by atoms with Gasteiger partial charge < -0.3 is 5.32 Å². The summed E-state index contributed by atoms with van der Waals surface area (Å²) in [5.41, 5.74) is 0.362. The van der Waals surface area contributed by atoms with Gasteiger partial charge in [-0.25, -0.2) is 4.39 Å². The Bertz CT molecular complexity index is 473. The SMILES string of the molecule is CC(Cc1cc([N+](=O)[O-])ccc1F)NC1CCCCC1. The van der Waals surface area contributed by atoms with Gasteiger partial charge in [0.2, 0.25) is 0 Å². The van der Waals surface area contributed by atoms with Crippen molar-refractivity contribution in [2.45, 2.75) is 57.5 Å². The molecule has 1 aromatic rings. The Morgan fingerprint density at radius 2 is 2.10 bits per heavy atom. The molecular weight excluding hydrogens is 259 g/mol. The summed E-state index contributed by atoms with van der Waals surface area (Å²) in [6, 6.07) is 4.35. The number of hydrogen-bond acceptors (Lipinski definition) is 3.